The van der Waals surface area contributed by atoms with Gasteiger partial charge in [-0.05, 0) is 47.9 Å². The van der Waals surface area contributed by atoms with E-state index in [0.29, 0.717) is 0 Å². The van der Waals surface area contributed by atoms with Crippen molar-refractivity contribution in [1.29, 1.82) is 0 Å². The Morgan fingerprint density at radius 2 is 2.14 bits per heavy atom. The third-order valence-electron chi connectivity index (χ3n) is 4.24. The van der Waals surface area contributed by atoms with Gasteiger partial charge in [-0.25, -0.2) is 0 Å². The van der Waals surface area contributed by atoms with Gasteiger partial charge < -0.3 is 10.2 Å². The maximum absolute atomic E-state index is 3.59. The molecule has 1 unspecified atom stereocenters. The van der Waals surface area contributed by atoms with Crippen molar-refractivity contribution in [2.24, 2.45) is 5.92 Å². The minimum absolute atomic E-state index is 0.749. The molecule has 0 amide bonds. The van der Waals surface area contributed by atoms with Crippen molar-refractivity contribution in [2.45, 2.75) is 26.8 Å². The van der Waals surface area contributed by atoms with Crippen LogP contribution in [0.15, 0.2) is 35.7 Å². The van der Waals surface area contributed by atoms with E-state index < -0.39 is 0 Å². The molecule has 0 bridgehead atoms. The van der Waals surface area contributed by atoms with Gasteiger partial charge >= 0.3 is 0 Å². The lowest BCUT2D eigenvalue weighted by atomic mass is 9.94. The predicted octanol–water partition coefficient (Wildman–Crippen LogP) is 3.84. The van der Waals surface area contributed by atoms with Crippen molar-refractivity contribution in [1.82, 2.24) is 5.32 Å². The lowest BCUT2D eigenvalue weighted by molar-refractivity contribution is 0.523. The summed E-state index contributed by atoms with van der Waals surface area (Å²) in [5.41, 5.74) is 4.35. The highest BCUT2D eigenvalue weighted by Gasteiger charge is 2.20. The van der Waals surface area contributed by atoms with Crippen molar-refractivity contribution in [3.05, 3.63) is 51.7 Å². The van der Waals surface area contributed by atoms with Gasteiger partial charge in [0.25, 0.3) is 0 Å². The molecule has 1 aliphatic heterocycles. The summed E-state index contributed by atoms with van der Waals surface area (Å²) in [6.07, 6.45) is 1.22. The molecule has 1 atom stereocenters. The van der Waals surface area contributed by atoms with Crippen LogP contribution in [0.3, 0.4) is 0 Å². The lowest BCUT2D eigenvalue weighted by Crippen LogP contribution is -2.38. The summed E-state index contributed by atoms with van der Waals surface area (Å²) in [4.78, 5) is 4.00. The Morgan fingerprint density at radius 1 is 1.29 bits per heavy atom. The summed E-state index contributed by atoms with van der Waals surface area (Å²) < 4.78 is 0. The van der Waals surface area contributed by atoms with E-state index in [-0.39, 0.29) is 0 Å². The first-order valence-corrected chi connectivity index (χ1v) is 8.68. The minimum atomic E-state index is 0.749. The maximum Gasteiger partial charge on any atom is 0.0399 e. The molecule has 3 heteroatoms. The second kappa shape index (κ2) is 6.63. The normalized spacial score (nSPS) is 17.8. The summed E-state index contributed by atoms with van der Waals surface area (Å²) in [5.74, 6) is 0.749. The molecule has 0 saturated heterocycles. The molecule has 0 fully saturated rings. The van der Waals surface area contributed by atoms with Crippen LogP contribution < -0.4 is 10.2 Å². The first-order valence-electron chi connectivity index (χ1n) is 7.80. The first-order chi connectivity index (χ1) is 10.2. The van der Waals surface area contributed by atoms with Crippen LogP contribution in [0.2, 0.25) is 0 Å². The number of fused-ring (bicyclic) bond motifs is 1. The molecule has 1 aromatic heterocycles. The Morgan fingerprint density at radius 3 is 2.95 bits per heavy atom. The van der Waals surface area contributed by atoms with E-state index in [2.05, 4.69) is 59.8 Å². The van der Waals surface area contributed by atoms with Gasteiger partial charge in [0.15, 0.2) is 0 Å². The number of nitrogens with one attached hydrogen (secondary N) is 1. The van der Waals surface area contributed by atoms with Gasteiger partial charge in [-0.1, -0.05) is 25.1 Å². The fourth-order valence-corrected chi connectivity index (χ4v) is 4.00. The molecule has 21 heavy (non-hydrogen) atoms. The van der Waals surface area contributed by atoms with E-state index in [0.717, 1.165) is 25.6 Å². The lowest BCUT2D eigenvalue weighted by Gasteiger charge is -2.35. The molecule has 0 spiro atoms. The van der Waals surface area contributed by atoms with Crippen LogP contribution in [-0.2, 0) is 13.0 Å². The zero-order valence-electron chi connectivity index (χ0n) is 12.9. The van der Waals surface area contributed by atoms with Crippen LogP contribution in [0.5, 0.6) is 0 Å². The van der Waals surface area contributed by atoms with Crippen molar-refractivity contribution >= 4 is 17.0 Å². The highest BCUT2D eigenvalue weighted by molar-refractivity contribution is 7.10. The Balaban J connectivity index is 1.55. The smallest absolute Gasteiger partial charge is 0.0399 e. The average Bonchev–Trinajstić information content (AvgIpc) is 2.88. The number of anilines is 1. The second-order valence-corrected chi connectivity index (χ2v) is 7.09. The molecule has 3 rings (SSSR count). The zero-order chi connectivity index (χ0) is 14.7. The van der Waals surface area contributed by atoms with Crippen LogP contribution >= 0.6 is 11.3 Å². The molecule has 2 aromatic rings. The summed E-state index contributed by atoms with van der Waals surface area (Å²) in [6, 6.07) is 11.1. The van der Waals surface area contributed by atoms with Gasteiger partial charge in [-0.15, -0.1) is 11.3 Å². The van der Waals surface area contributed by atoms with Crippen LogP contribution in [-0.4, -0.2) is 19.6 Å². The number of hydrogen-bond donors (Lipinski definition) is 1. The quantitative estimate of drug-likeness (QED) is 0.844. The molecule has 0 saturated carbocycles. The molecule has 112 valence electrons. The molecule has 1 N–H and O–H groups in total. The number of aryl methyl sites for hydroxylation is 1. The van der Waals surface area contributed by atoms with Crippen LogP contribution in [0.25, 0.3) is 0 Å². The molecule has 0 radical (unpaired) electrons. The van der Waals surface area contributed by atoms with Crippen molar-refractivity contribution in [2.75, 3.05) is 24.5 Å². The largest absolute Gasteiger partial charge is 0.370 e. The van der Waals surface area contributed by atoms with Gasteiger partial charge in [0.05, 0.1) is 0 Å². The standard InChI is InChI=1S/C18H24N2S/c1-14-11-16-5-3-4-6-17(16)20(13-14)9-8-19-12-18-15(2)7-10-21-18/h3-7,10,14,19H,8-9,11-13H2,1-2H3. The van der Waals surface area contributed by atoms with E-state index in [1.54, 1.807) is 0 Å². The van der Waals surface area contributed by atoms with Crippen LogP contribution in [0.1, 0.15) is 22.9 Å². The zero-order valence-corrected chi connectivity index (χ0v) is 13.7. The third kappa shape index (κ3) is 3.47. The summed E-state index contributed by atoms with van der Waals surface area (Å²) >= 11 is 1.85. The van der Waals surface area contributed by atoms with Crippen molar-refractivity contribution in [3.63, 3.8) is 0 Å². The molecule has 2 heterocycles. The molecule has 0 aliphatic carbocycles. The Bertz CT molecular complexity index is 590. The van der Waals surface area contributed by atoms with Crippen LogP contribution in [0, 0.1) is 12.8 Å². The van der Waals surface area contributed by atoms with Gasteiger partial charge in [-0.3, -0.25) is 0 Å². The van der Waals surface area contributed by atoms with E-state index in [4.69, 9.17) is 0 Å². The van der Waals surface area contributed by atoms with E-state index in [1.807, 2.05) is 11.3 Å². The average molecular weight is 300 g/mol. The SMILES string of the molecule is Cc1ccsc1CNCCN1CC(C)Cc2ccccc21. The van der Waals surface area contributed by atoms with Crippen molar-refractivity contribution < 1.29 is 0 Å². The Labute approximate surface area is 131 Å². The van der Waals surface area contributed by atoms with Gasteiger partial charge in [0, 0.05) is 36.7 Å². The molecular formula is C18H24N2S. The first kappa shape index (κ1) is 14.6. The molecule has 1 aliphatic rings. The van der Waals surface area contributed by atoms with E-state index in [1.165, 1.54) is 34.7 Å². The number of para-hydroxylation sites is 1. The second-order valence-electron chi connectivity index (χ2n) is 6.09. The number of nitrogens with zero attached hydrogens (tertiary/aromatic N) is 1. The summed E-state index contributed by atoms with van der Waals surface area (Å²) in [6.45, 7) is 8.84. The fraction of sp³-hybridized carbons (Fsp3) is 0.444. The topological polar surface area (TPSA) is 15.3 Å². The summed E-state index contributed by atoms with van der Waals surface area (Å²) in [5, 5.41) is 5.77. The minimum Gasteiger partial charge on any atom is -0.370 e. The number of benzene rings is 1. The monoisotopic (exact) mass is 300 g/mol. The third-order valence-corrected chi connectivity index (χ3v) is 5.27. The summed E-state index contributed by atoms with van der Waals surface area (Å²) in [7, 11) is 0. The van der Waals surface area contributed by atoms with Gasteiger partial charge in [-0.2, -0.15) is 0 Å². The van der Waals surface area contributed by atoms with Gasteiger partial charge in [0.2, 0.25) is 0 Å². The van der Waals surface area contributed by atoms with Crippen molar-refractivity contribution in [3.8, 4) is 0 Å². The molecule has 1 aromatic carbocycles. The number of rotatable bonds is 5. The van der Waals surface area contributed by atoms with Crippen LogP contribution in [0.4, 0.5) is 5.69 Å². The number of hydrogen-bond acceptors (Lipinski definition) is 3. The van der Waals surface area contributed by atoms with E-state index in [9.17, 15) is 0 Å². The Kier molecular flexibility index (Phi) is 4.61. The molecule has 2 nitrogen and oxygen atoms in total. The highest BCUT2D eigenvalue weighted by Crippen LogP contribution is 2.28. The van der Waals surface area contributed by atoms with Gasteiger partial charge in [0.1, 0.15) is 0 Å². The fourth-order valence-electron chi connectivity index (χ4n) is 3.12. The van der Waals surface area contributed by atoms with E-state index >= 15 is 0 Å². The predicted molar refractivity (Wildman–Crippen MR) is 92.3 cm³/mol. The Hall–Kier alpha value is -1.32. The maximum atomic E-state index is 3.59. The number of thiophene rings is 1. The highest BCUT2D eigenvalue weighted by atomic mass is 32.1. The molecular weight excluding hydrogens is 276 g/mol.